The molecule has 16 heavy (non-hydrogen) atoms. The molecule has 2 nitrogen and oxygen atoms in total. The minimum absolute atomic E-state index is 0.161. The fraction of sp³-hybridized carbons (Fsp3) is 0.300. The van der Waals surface area contributed by atoms with Crippen molar-refractivity contribution in [1.29, 1.82) is 0 Å². The van der Waals surface area contributed by atoms with Crippen molar-refractivity contribution in [2.45, 2.75) is 17.5 Å². The number of rotatable bonds is 1. The third-order valence-electron chi connectivity index (χ3n) is 2.08. The summed E-state index contributed by atoms with van der Waals surface area (Å²) in [5, 5.41) is 2.56. The van der Waals surface area contributed by atoms with Crippen molar-refractivity contribution >= 4 is 23.4 Å². The monoisotopic (exact) mass is 247 g/mol. The molecule has 0 fully saturated rings. The van der Waals surface area contributed by atoms with Crippen molar-refractivity contribution in [3.05, 3.63) is 23.8 Å². The molecule has 1 aromatic carbocycles. The van der Waals surface area contributed by atoms with E-state index in [9.17, 15) is 18.0 Å². The molecule has 0 saturated carbocycles. The summed E-state index contributed by atoms with van der Waals surface area (Å²) in [5.74, 6) is 0.132. The van der Waals surface area contributed by atoms with Gasteiger partial charge in [0.2, 0.25) is 5.91 Å². The van der Waals surface area contributed by atoms with Crippen molar-refractivity contribution in [2.24, 2.45) is 0 Å². The van der Waals surface area contributed by atoms with Gasteiger partial charge in [-0.25, -0.2) is 0 Å². The number of nitrogens with one attached hydrogen (secondary N) is 1. The van der Waals surface area contributed by atoms with Crippen molar-refractivity contribution in [3.63, 3.8) is 0 Å². The van der Waals surface area contributed by atoms with Crippen LogP contribution in [0.2, 0.25) is 0 Å². The Bertz CT molecular complexity index is 431. The summed E-state index contributed by atoms with van der Waals surface area (Å²) in [6, 6.07) is 4.43. The Kier molecular flexibility index (Phi) is 2.84. The van der Waals surface area contributed by atoms with Gasteiger partial charge in [-0.1, -0.05) is 6.07 Å². The van der Waals surface area contributed by atoms with Gasteiger partial charge in [0, 0.05) is 4.90 Å². The molecule has 0 spiro atoms. The van der Waals surface area contributed by atoms with Crippen LogP contribution in [0.25, 0.3) is 0 Å². The highest BCUT2D eigenvalue weighted by Gasteiger charge is 2.28. The second kappa shape index (κ2) is 4.01. The van der Waals surface area contributed by atoms with Gasteiger partial charge in [-0.05, 0) is 17.7 Å². The molecule has 86 valence electrons. The maximum Gasteiger partial charge on any atom is 0.393 e. The molecular formula is C10H8F3NOS. The van der Waals surface area contributed by atoms with E-state index in [2.05, 4.69) is 5.32 Å². The molecule has 1 aromatic rings. The molecule has 0 aromatic heterocycles. The van der Waals surface area contributed by atoms with E-state index in [1.54, 1.807) is 6.07 Å². The highest BCUT2D eigenvalue weighted by Crippen LogP contribution is 2.33. The average molecular weight is 247 g/mol. The van der Waals surface area contributed by atoms with Gasteiger partial charge in [-0.2, -0.15) is 13.2 Å². The first-order chi connectivity index (χ1) is 7.44. The molecule has 0 atom stereocenters. The maximum atomic E-state index is 12.2. The number of carbonyl (C=O) groups is 1. The number of alkyl halides is 3. The number of halogens is 3. The van der Waals surface area contributed by atoms with Crippen LogP contribution in [0, 0.1) is 0 Å². The molecule has 1 N–H and O–H groups in total. The largest absolute Gasteiger partial charge is 0.393 e. The van der Waals surface area contributed by atoms with E-state index in [-0.39, 0.29) is 11.5 Å². The Morgan fingerprint density at radius 2 is 2.12 bits per heavy atom. The fourth-order valence-electron chi connectivity index (χ4n) is 1.47. The molecule has 0 saturated heterocycles. The molecule has 1 heterocycles. The predicted molar refractivity (Wildman–Crippen MR) is 55.6 cm³/mol. The van der Waals surface area contributed by atoms with Crippen molar-refractivity contribution in [3.8, 4) is 0 Å². The highest BCUT2D eigenvalue weighted by molar-refractivity contribution is 8.00. The van der Waals surface area contributed by atoms with Crippen LogP contribution in [0.5, 0.6) is 0 Å². The van der Waals surface area contributed by atoms with Gasteiger partial charge in [-0.15, -0.1) is 11.8 Å². The van der Waals surface area contributed by atoms with Crippen LogP contribution in [-0.4, -0.2) is 17.8 Å². The number of thioether (sulfide) groups is 1. The molecular weight excluding hydrogens is 239 g/mol. The average Bonchev–Trinajstić information content (AvgIpc) is 2.14. The Morgan fingerprint density at radius 3 is 2.81 bits per heavy atom. The summed E-state index contributed by atoms with van der Waals surface area (Å²) in [7, 11) is 0. The highest BCUT2D eigenvalue weighted by atomic mass is 32.2. The first-order valence-electron chi connectivity index (χ1n) is 4.56. The van der Waals surface area contributed by atoms with Crippen molar-refractivity contribution in [1.82, 2.24) is 0 Å². The topological polar surface area (TPSA) is 29.1 Å². The standard InChI is InChI=1S/C10H8F3NOS/c11-10(12,13)4-6-1-2-8-7(3-6)14-9(15)5-16-8/h1-3H,4-5H2,(H,14,15). The number of benzene rings is 1. The lowest BCUT2D eigenvalue weighted by atomic mass is 10.1. The van der Waals surface area contributed by atoms with Gasteiger partial charge in [-0.3, -0.25) is 4.79 Å². The zero-order chi connectivity index (χ0) is 11.8. The van der Waals surface area contributed by atoms with Crippen LogP contribution in [0.4, 0.5) is 18.9 Å². The lowest BCUT2D eigenvalue weighted by Crippen LogP contribution is -2.19. The van der Waals surface area contributed by atoms with Crippen molar-refractivity contribution in [2.75, 3.05) is 11.1 Å². The first kappa shape index (κ1) is 11.3. The zero-order valence-corrected chi connectivity index (χ0v) is 8.91. The number of fused-ring (bicyclic) bond motifs is 1. The van der Waals surface area contributed by atoms with Crippen LogP contribution >= 0.6 is 11.8 Å². The Morgan fingerprint density at radius 1 is 1.38 bits per heavy atom. The lowest BCUT2D eigenvalue weighted by molar-refractivity contribution is -0.127. The smallest absolute Gasteiger partial charge is 0.324 e. The summed E-state index contributed by atoms with van der Waals surface area (Å²) in [4.78, 5) is 11.9. The van der Waals surface area contributed by atoms with Gasteiger partial charge < -0.3 is 5.32 Å². The molecule has 0 bridgehead atoms. The second-order valence-corrected chi connectivity index (χ2v) is 4.48. The lowest BCUT2D eigenvalue weighted by Gasteiger charge is -2.17. The minimum Gasteiger partial charge on any atom is -0.324 e. The van der Waals surface area contributed by atoms with Crippen LogP contribution < -0.4 is 5.32 Å². The quantitative estimate of drug-likeness (QED) is 0.826. The normalized spacial score (nSPS) is 15.6. The van der Waals surface area contributed by atoms with Gasteiger partial charge >= 0.3 is 6.18 Å². The van der Waals surface area contributed by atoms with E-state index in [0.29, 0.717) is 11.4 Å². The molecule has 0 unspecified atom stereocenters. The number of carbonyl (C=O) groups excluding carboxylic acids is 1. The van der Waals surface area contributed by atoms with E-state index in [1.807, 2.05) is 0 Å². The zero-order valence-electron chi connectivity index (χ0n) is 8.10. The third kappa shape index (κ3) is 2.69. The van der Waals surface area contributed by atoms with E-state index in [1.165, 1.54) is 23.9 Å². The molecule has 1 aliphatic rings. The van der Waals surface area contributed by atoms with E-state index in [4.69, 9.17) is 0 Å². The molecule has 1 amide bonds. The van der Waals surface area contributed by atoms with Gasteiger partial charge in [0.25, 0.3) is 0 Å². The summed E-state index contributed by atoms with van der Waals surface area (Å²) in [6.45, 7) is 0. The van der Waals surface area contributed by atoms with E-state index in [0.717, 1.165) is 4.90 Å². The summed E-state index contributed by atoms with van der Waals surface area (Å²) >= 11 is 1.33. The van der Waals surface area contributed by atoms with Gasteiger partial charge in [0.1, 0.15) is 0 Å². The Balaban J connectivity index is 2.24. The Hall–Kier alpha value is -1.17. The first-order valence-corrected chi connectivity index (χ1v) is 5.55. The molecule has 6 heteroatoms. The molecule has 2 rings (SSSR count). The minimum atomic E-state index is -4.22. The second-order valence-electron chi connectivity index (χ2n) is 3.46. The summed E-state index contributed by atoms with van der Waals surface area (Å²) in [5.41, 5.74) is 0.636. The number of hydrogen-bond acceptors (Lipinski definition) is 2. The van der Waals surface area contributed by atoms with Gasteiger partial charge in [0.15, 0.2) is 0 Å². The van der Waals surface area contributed by atoms with Crippen LogP contribution in [0.15, 0.2) is 23.1 Å². The number of amides is 1. The maximum absolute atomic E-state index is 12.2. The van der Waals surface area contributed by atoms with Crippen molar-refractivity contribution < 1.29 is 18.0 Å². The molecule has 0 radical (unpaired) electrons. The molecule has 0 aliphatic carbocycles. The van der Waals surface area contributed by atoms with Crippen LogP contribution in [0.3, 0.4) is 0 Å². The number of hydrogen-bond donors (Lipinski definition) is 1. The van der Waals surface area contributed by atoms with Gasteiger partial charge in [0.05, 0.1) is 17.9 Å². The number of anilines is 1. The van der Waals surface area contributed by atoms with E-state index < -0.39 is 12.6 Å². The third-order valence-corrected chi connectivity index (χ3v) is 3.15. The Labute approximate surface area is 94.2 Å². The van der Waals surface area contributed by atoms with E-state index >= 15 is 0 Å². The summed E-state index contributed by atoms with van der Waals surface area (Å²) in [6.07, 6.45) is -5.19. The summed E-state index contributed by atoms with van der Waals surface area (Å²) < 4.78 is 36.5. The van der Waals surface area contributed by atoms with Crippen LogP contribution in [0.1, 0.15) is 5.56 Å². The fourth-order valence-corrected chi connectivity index (χ4v) is 2.26. The predicted octanol–water partition coefficient (Wildman–Crippen LogP) is 2.84. The molecule has 1 aliphatic heterocycles. The SMILES string of the molecule is O=C1CSc2ccc(CC(F)(F)F)cc2N1. The van der Waals surface area contributed by atoms with Crippen LogP contribution in [-0.2, 0) is 11.2 Å².